The van der Waals surface area contributed by atoms with Gasteiger partial charge in [-0.05, 0) is 32.0 Å². The molecule has 1 rings (SSSR count). The number of hydrogen-bond acceptors (Lipinski definition) is 5. The molecule has 0 aliphatic heterocycles. The van der Waals surface area contributed by atoms with Crippen molar-refractivity contribution in [1.82, 2.24) is 0 Å². The van der Waals surface area contributed by atoms with Crippen molar-refractivity contribution < 1.29 is 23.8 Å². The van der Waals surface area contributed by atoms with Gasteiger partial charge in [-0.3, -0.25) is 4.79 Å². The third kappa shape index (κ3) is 4.08. The lowest BCUT2D eigenvalue weighted by Crippen LogP contribution is -2.18. The Hall–Kier alpha value is -2.04. The molecule has 1 aromatic rings. The molecule has 5 heteroatoms. The van der Waals surface area contributed by atoms with E-state index in [1.165, 1.54) is 13.2 Å². The summed E-state index contributed by atoms with van der Waals surface area (Å²) in [5.74, 6) is 0.340. The minimum atomic E-state index is -0.452. The lowest BCUT2D eigenvalue weighted by atomic mass is 10.2. The molecule has 0 aromatic heterocycles. The van der Waals surface area contributed by atoms with Crippen molar-refractivity contribution in [1.29, 1.82) is 0 Å². The zero-order valence-electron chi connectivity index (χ0n) is 10.6. The maximum Gasteiger partial charge on any atom is 0.344 e. The molecule has 0 spiro atoms. The molecule has 0 aliphatic carbocycles. The highest BCUT2D eigenvalue weighted by Gasteiger charge is 2.10. The lowest BCUT2D eigenvalue weighted by molar-refractivity contribution is -0.149. The van der Waals surface area contributed by atoms with Gasteiger partial charge >= 0.3 is 5.97 Å². The van der Waals surface area contributed by atoms with Crippen LogP contribution in [0.2, 0.25) is 0 Å². The van der Waals surface area contributed by atoms with E-state index in [9.17, 15) is 9.59 Å². The summed E-state index contributed by atoms with van der Waals surface area (Å²) in [5, 5.41) is 0. The summed E-state index contributed by atoms with van der Waals surface area (Å²) in [6.07, 6.45) is 0.528. The van der Waals surface area contributed by atoms with Crippen LogP contribution < -0.4 is 9.47 Å². The Kier molecular flexibility index (Phi) is 5.17. The monoisotopic (exact) mass is 252 g/mol. The molecule has 0 radical (unpaired) electrons. The first-order valence-electron chi connectivity index (χ1n) is 5.52. The van der Waals surface area contributed by atoms with Gasteiger partial charge < -0.3 is 14.2 Å². The summed E-state index contributed by atoms with van der Waals surface area (Å²) in [6.45, 7) is 3.32. The van der Waals surface area contributed by atoms with Crippen molar-refractivity contribution in [2.45, 2.75) is 20.0 Å². The summed E-state index contributed by atoms with van der Waals surface area (Å²) in [5.41, 5.74) is 0.476. The average molecular weight is 252 g/mol. The number of aldehydes is 1. The number of esters is 1. The maximum absolute atomic E-state index is 11.3. The molecule has 1 aromatic carbocycles. The van der Waals surface area contributed by atoms with Crippen LogP contribution in [0.3, 0.4) is 0 Å². The first kappa shape index (κ1) is 14.0. The molecule has 0 N–H and O–H groups in total. The van der Waals surface area contributed by atoms with E-state index in [4.69, 9.17) is 14.2 Å². The predicted octanol–water partition coefficient (Wildman–Crippen LogP) is 1.84. The van der Waals surface area contributed by atoms with Crippen LogP contribution in [0.5, 0.6) is 11.5 Å². The molecule has 18 heavy (non-hydrogen) atoms. The minimum absolute atomic E-state index is 0.180. The Labute approximate surface area is 106 Å². The smallest absolute Gasteiger partial charge is 0.344 e. The van der Waals surface area contributed by atoms with Crippen LogP contribution in [-0.4, -0.2) is 32.1 Å². The van der Waals surface area contributed by atoms with E-state index in [1.54, 1.807) is 26.0 Å². The topological polar surface area (TPSA) is 61.8 Å². The Morgan fingerprint density at radius 3 is 2.61 bits per heavy atom. The van der Waals surface area contributed by atoms with Gasteiger partial charge in [-0.25, -0.2) is 4.79 Å². The number of methoxy groups -OCH3 is 1. The Bertz CT molecular complexity index is 425. The number of carbonyl (C=O) groups is 2. The molecule has 0 unspecified atom stereocenters. The Morgan fingerprint density at radius 2 is 2.06 bits per heavy atom. The molecule has 0 bridgehead atoms. The molecular weight excluding hydrogens is 236 g/mol. The van der Waals surface area contributed by atoms with E-state index in [-0.39, 0.29) is 12.7 Å². The van der Waals surface area contributed by atoms with Gasteiger partial charge in [0.25, 0.3) is 0 Å². The van der Waals surface area contributed by atoms with Crippen LogP contribution >= 0.6 is 0 Å². The largest absolute Gasteiger partial charge is 0.493 e. The van der Waals surface area contributed by atoms with Gasteiger partial charge in [0.2, 0.25) is 0 Å². The summed E-state index contributed by atoms with van der Waals surface area (Å²) < 4.78 is 15.3. The van der Waals surface area contributed by atoms with Crippen molar-refractivity contribution in [2.24, 2.45) is 0 Å². The van der Waals surface area contributed by atoms with E-state index in [0.29, 0.717) is 23.3 Å². The Balaban J connectivity index is 2.67. The normalized spacial score (nSPS) is 10.0. The van der Waals surface area contributed by atoms with Crippen LogP contribution in [0.15, 0.2) is 18.2 Å². The quantitative estimate of drug-likeness (QED) is 0.571. The summed E-state index contributed by atoms with van der Waals surface area (Å²) >= 11 is 0. The number of benzene rings is 1. The molecule has 0 fully saturated rings. The SMILES string of the molecule is COc1cc(C=O)ccc1OCC(=O)OC(C)C. The summed E-state index contributed by atoms with van der Waals surface area (Å²) in [7, 11) is 1.46. The number of ether oxygens (including phenoxy) is 3. The molecule has 0 atom stereocenters. The summed E-state index contributed by atoms with van der Waals surface area (Å²) in [4.78, 5) is 21.9. The van der Waals surface area contributed by atoms with Gasteiger partial charge in [0.05, 0.1) is 13.2 Å². The number of carbonyl (C=O) groups excluding carboxylic acids is 2. The fraction of sp³-hybridized carbons (Fsp3) is 0.385. The van der Waals surface area contributed by atoms with Crippen LogP contribution in [0, 0.1) is 0 Å². The van der Waals surface area contributed by atoms with Crippen molar-refractivity contribution in [3.05, 3.63) is 23.8 Å². The second kappa shape index (κ2) is 6.64. The lowest BCUT2D eigenvalue weighted by Gasteiger charge is -2.12. The highest BCUT2D eigenvalue weighted by atomic mass is 16.6. The third-order valence-corrected chi connectivity index (χ3v) is 2.04. The third-order valence-electron chi connectivity index (χ3n) is 2.04. The van der Waals surface area contributed by atoms with Gasteiger partial charge in [0, 0.05) is 5.56 Å². The van der Waals surface area contributed by atoms with Crippen molar-refractivity contribution in [2.75, 3.05) is 13.7 Å². The van der Waals surface area contributed by atoms with Crippen molar-refractivity contribution >= 4 is 12.3 Å². The van der Waals surface area contributed by atoms with Gasteiger partial charge in [-0.1, -0.05) is 0 Å². The molecular formula is C13H16O5. The van der Waals surface area contributed by atoms with Crippen LogP contribution in [0.1, 0.15) is 24.2 Å². The van der Waals surface area contributed by atoms with Crippen LogP contribution in [-0.2, 0) is 9.53 Å². The highest BCUT2D eigenvalue weighted by molar-refractivity contribution is 5.76. The first-order valence-corrected chi connectivity index (χ1v) is 5.52. The number of hydrogen-bond donors (Lipinski definition) is 0. The molecule has 0 saturated carbocycles. The maximum atomic E-state index is 11.3. The van der Waals surface area contributed by atoms with E-state index < -0.39 is 5.97 Å². The fourth-order valence-electron chi connectivity index (χ4n) is 1.31. The van der Waals surface area contributed by atoms with Crippen molar-refractivity contribution in [3.8, 4) is 11.5 Å². The van der Waals surface area contributed by atoms with Gasteiger partial charge in [0.15, 0.2) is 18.1 Å². The second-order valence-corrected chi connectivity index (χ2v) is 3.86. The second-order valence-electron chi connectivity index (χ2n) is 3.86. The van der Waals surface area contributed by atoms with Crippen LogP contribution in [0.25, 0.3) is 0 Å². The average Bonchev–Trinajstić information content (AvgIpc) is 2.35. The molecule has 0 amide bonds. The molecule has 0 heterocycles. The minimum Gasteiger partial charge on any atom is -0.493 e. The first-order chi connectivity index (χ1) is 8.56. The highest BCUT2D eigenvalue weighted by Crippen LogP contribution is 2.27. The molecule has 0 aliphatic rings. The summed E-state index contributed by atoms with van der Waals surface area (Å²) in [6, 6.07) is 4.69. The number of rotatable bonds is 6. The molecule has 5 nitrogen and oxygen atoms in total. The standard InChI is InChI=1S/C13H16O5/c1-9(2)18-13(15)8-17-11-5-4-10(7-14)6-12(11)16-3/h4-7,9H,8H2,1-3H3. The zero-order valence-corrected chi connectivity index (χ0v) is 10.6. The zero-order chi connectivity index (χ0) is 13.5. The van der Waals surface area contributed by atoms with E-state index >= 15 is 0 Å². The van der Waals surface area contributed by atoms with E-state index in [0.717, 1.165) is 0 Å². The van der Waals surface area contributed by atoms with Crippen molar-refractivity contribution in [3.63, 3.8) is 0 Å². The van der Waals surface area contributed by atoms with E-state index in [2.05, 4.69) is 0 Å². The van der Waals surface area contributed by atoms with E-state index in [1.807, 2.05) is 0 Å². The predicted molar refractivity (Wildman–Crippen MR) is 65.1 cm³/mol. The Morgan fingerprint density at radius 1 is 1.33 bits per heavy atom. The van der Waals surface area contributed by atoms with Gasteiger partial charge in [-0.2, -0.15) is 0 Å². The van der Waals surface area contributed by atoms with Gasteiger partial charge in [-0.15, -0.1) is 0 Å². The fourth-order valence-corrected chi connectivity index (χ4v) is 1.31. The molecule has 98 valence electrons. The molecule has 0 saturated heterocycles. The van der Waals surface area contributed by atoms with Crippen LogP contribution in [0.4, 0.5) is 0 Å². The van der Waals surface area contributed by atoms with Gasteiger partial charge in [0.1, 0.15) is 6.29 Å².